The molecule has 0 spiro atoms. The molecule has 0 radical (unpaired) electrons. The number of rotatable bonds is 3. The first-order valence-corrected chi connectivity index (χ1v) is 6.62. The van der Waals surface area contributed by atoms with Crippen molar-refractivity contribution in [2.75, 3.05) is 6.61 Å². The molecule has 1 aliphatic heterocycles. The van der Waals surface area contributed by atoms with Crippen molar-refractivity contribution in [1.29, 1.82) is 0 Å². The summed E-state index contributed by atoms with van der Waals surface area (Å²) in [5, 5.41) is 3.47. The van der Waals surface area contributed by atoms with Crippen LogP contribution in [-0.4, -0.2) is 18.2 Å². The number of hydrogen-bond donors (Lipinski definition) is 1. The van der Waals surface area contributed by atoms with E-state index in [0.29, 0.717) is 11.0 Å². The molecule has 0 aromatic heterocycles. The predicted molar refractivity (Wildman–Crippen MR) is 69.4 cm³/mol. The lowest BCUT2D eigenvalue weighted by molar-refractivity contribution is 0.0881. The zero-order valence-electron chi connectivity index (χ0n) is 10.1. The summed E-state index contributed by atoms with van der Waals surface area (Å²) in [5.74, 6) is -0.217. The minimum absolute atomic E-state index is 0.0221. The van der Waals surface area contributed by atoms with Crippen LogP contribution in [0.3, 0.4) is 0 Å². The van der Waals surface area contributed by atoms with E-state index in [1.54, 1.807) is 6.07 Å². The second-order valence-corrected chi connectivity index (χ2v) is 5.54. The molecular formula is C13H17BrFNO. The van der Waals surface area contributed by atoms with Gasteiger partial charge in [-0.25, -0.2) is 4.39 Å². The van der Waals surface area contributed by atoms with Crippen molar-refractivity contribution in [2.24, 2.45) is 0 Å². The Balaban J connectivity index is 2.05. The van der Waals surface area contributed by atoms with E-state index in [1.165, 1.54) is 6.07 Å². The van der Waals surface area contributed by atoms with E-state index in [2.05, 4.69) is 35.1 Å². The molecule has 1 aromatic carbocycles. The minimum Gasteiger partial charge on any atom is -0.377 e. The van der Waals surface area contributed by atoms with Crippen LogP contribution in [0.25, 0.3) is 0 Å². The number of halogens is 2. The van der Waals surface area contributed by atoms with Crippen LogP contribution < -0.4 is 5.32 Å². The van der Waals surface area contributed by atoms with Crippen LogP contribution in [0.5, 0.6) is 0 Å². The van der Waals surface area contributed by atoms with Crippen molar-refractivity contribution in [3.63, 3.8) is 0 Å². The summed E-state index contributed by atoms with van der Waals surface area (Å²) in [6.45, 7) is 5.65. The zero-order valence-corrected chi connectivity index (χ0v) is 11.7. The van der Waals surface area contributed by atoms with Crippen LogP contribution in [0.2, 0.25) is 0 Å². The van der Waals surface area contributed by atoms with Crippen molar-refractivity contribution < 1.29 is 9.13 Å². The molecule has 2 unspecified atom stereocenters. The fourth-order valence-electron chi connectivity index (χ4n) is 2.05. The molecule has 1 N–H and O–H groups in total. The number of nitrogens with one attached hydrogen (secondary N) is 1. The highest BCUT2D eigenvalue weighted by Crippen LogP contribution is 2.27. The molecule has 2 atom stereocenters. The third kappa shape index (κ3) is 2.69. The van der Waals surface area contributed by atoms with Crippen molar-refractivity contribution in [1.82, 2.24) is 5.32 Å². The van der Waals surface area contributed by atoms with Gasteiger partial charge in [-0.15, -0.1) is 0 Å². The van der Waals surface area contributed by atoms with Gasteiger partial charge < -0.3 is 10.1 Å². The molecule has 1 aromatic rings. The van der Waals surface area contributed by atoms with Gasteiger partial charge in [0.05, 0.1) is 10.6 Å². The van der Waals surface area contributed by atoms with Crippen LogP contribution >= 0.6 is 15.9 Å². The van der Waals surface area contributed by atoms with E-state index in [9.17, 15) is 4.39 Å². The SMILES string of the molecule is CC1OCCC1(C)NCc1cccc(F)c1Br. The smallest absolute Gasteiger partial charge is 0.137 e. The molecule has 2 rings (SSSR count). The van der Waals surface area contributed by atoms with Gasteiger partial charge in [0.1, 0.15) is 5.82 Å². The molecular weight excluding hydrogens is 285 g/mol. The van der Waals surface area contributed by atoms with E-state index in [1.807, 2.05) is 6.07 Å². The van der Waals surface area contributed by atoms with Crippen molar-refractivity contribution in [3.05, 3.63) is 34.1 Å². The Kier molecular flexibility index (Phi) is 3.85. The fourth-order valence-corrected chi connectivity index (χ4v) is 2.45. The molecule has 1 aliphatic rings. The van der Waals surface area contributed by atoms with Gasteiger partial charge in [-0.2, -0.15) is 0 Å². The molecule has 1 fully saturated rings. The van der Waals surface area contributed by atoms with Gasteiger partial charge in [0, 0.05) is 18.7 Å². The number of benzene rings is 1. The first-order chi connectivity index (χ1) is 8.03. The lowest BCUT2D eigenvalue weighted by Gasteiger charge is -2.29. The van der Waals surface area contributed by atoms with E-state index >= 15 is 0 Å². The Morgan fingerprint density at radius 1 is 1.59 bits per heavy atom. The minimum atomic E-state index is -0.217. The van der Waals surface area contributed by atoms with Gasteiger partial charge in [0.25, 0.3) is 0 Å². The summed E-state index contributed by atoms with van der Waals surface area (Å²) in [6, 6.07) is 5.11. The van der Waals surface area contributed by atoms with Gasteiger partial charge in [0.15, 0.2) is 0 Å². The molecule has 17 heavy (non-hydrogen) atoms. The topological polar surface area (TPSA) is 21.3 Å². The summed E-state index contributed by atoms with van der Waals surface area (Å²) >= 11 is 3.28. The Bertz CT molecular complexity index is 412. The van der Waals surface area contributed by atoms with Gasteiger partial charge in [-0.05, 0) is 47.8 Å². The molecule has 2 nitrogen and oxygen atoms in total. The molecule has 1 heterocycles. The van der Waals surface area contributed by atoms with Gasteiger partial charge >= 0.3 is 0 Å². The van der Waals surface area contributed by atoms with E-state index in [4.69, 9.17) is 4.74 Å². The average Bonchev–Trinajstić information content (AvgIpc) is 2.62. The Morgan fingerprint density at radius 2 is 2.35 bits per heavy atom. The van der Waals surface area contributed by atoms with Gasteiger partial charge in [-0.1, -0.05) is 12.1 Å². The third-order valence-electron chi connectivity index (χ3n) is 3.60. The quantitative estimate of drug-likeness (QED) is 0.925. The molecule has 0 amide bonds. The summed E-state index contributed by atoms with van der Waals surface area (Å²) in [6.07, 6.45) is 1.18. The maximum Gasteiger partial charge on any atom is 0.137 e. The lowest BCUT2D eigenvalue weighted by Crippen LogP contribution is -2.47. The van der Waals surface area contributed by atoms with Gasteiger partial charge in [0.2, 0.25) is 0 Å². The normalized spacial score (nSPS) is 28.6. The van der Waals surface area contributed by atoms with Crippen LogP contribution in [0, 0.1) is 5.82 Å². The van der Waals surface area contributed by atoms with Crippen LogP contribution in [-0.2, 0) is 11.3 Å². The Morgan fingerprint density at radius 3 is 3.00 bits per heavy atom. The summed E-state index contributed by atoms with van der Waals surface area (Å²) in [7, 11) is 0. The average molecular weight is 302 g/mol. The van der Waals surface area contributed by atoms with Crippen molar-refractivity contribution in [2.45, 2.75) is 38.5 Å². The first kappa shape index (κ1) is 13.0. The summed E-state index contributed by atoms with van der Waals surface area (Å²) in [5.41, 5.74) is 0.913. The second-order valence-electron chi connectivity index (χ2n) is 4.75. The monoisotopic (exact) mass is 301 g/mol. The first-order valence-electron chi connectivity index (χ1n) is 5.82. The van der Waals surface area contributed by atoms with E-state index in [-0.39, 0.29) is 17.5 Å². The van der Waals surface area contributed by atoms with Crippen LogP contribution in [0.15, 0.2) is 22.7 Å². The zero-order chi connectivity index (χ0) is 12.5. The number of ether oxygens (including phenoxy) is 1. The standard InChI is InChI=1S/C13H17BrFNO/c1-9-13(2,6-7-17-9)16-8-10-4-3-5-11(15)12(10)14/h3-5,9,16H,6-8H2,1-2H3. The van der Waals surface area contributed by atoms with E-state index < -0.39 is 0 Å². The maximum absolute atomic E-state index is 13.4. The summed E-state index contributed by atoms with van der Waals surface area (Å²) in [4.78, 5) is 0. The third-order valence-corrected chi connectivity index (χ3v) is 4.49. The highest BCUT2D eigenvalue weighted by Gasteiger charge is 2.36. The maximum atomic E-state index is 13.4. The Labute approximate surface area is 110 Å². The van der Waals surface area contributed by atoms with Crippen LogP contribution in [0.4, 0.5) is 4.39 Å². The van der Waals surface area contributed by atoms with E-state index in [0.717, 1.165) is 18.6 Å². The molecule has 94 valence electrons. The predicted octanol–water partition coefficient (Wildman–Crippen LogP) is 3.25. The molecule has 0 bridgehead atoms. The lowest BCUT2D eigenvalue weighted by atomic mass is 9.94. The summed E-state index contributed by atoms with van der Waals surface area (Å²) < 4.78 is 19.5. The van der Waals surface area contributed by atoms with Gasteiger partial charge in [-0.3, -0.25) is 0 Å². The second kappa shape index (κ2) is 5.04. The molecule has 1 saturated heterocycles. The molecule has 0 saturated carbocycles. The number of hydrogen-bond acceptors (Lipinski definition) is 2. The van der Waals surface area contributed by atoms with Crippen molar-refractivity contribution >= 4 is 15.9 Å². The fraction of sp³-hybridized carbons (Fsp3) is 0.538. The highest BCUT2D eigenvalue weighted by atomic mass is 79.9. The van der Waals surface area contributed by atoms with Crippen molar-refractivity contribution in [3.8, 4) is 0 Å². The molecule has 0 aliphatic carbocycles. The van der Waals surface area contributed by atoms with Crippen LogP contribution in [0.1, 0.15) is 25.8 Å². The highest BCUT2D eigenvalue weighted by molar-refractivity contribution is 9.10. The molecule has 4 heteroatoms. The Hall–Kier alpha value is -0.450. The largest absolute Gasteiger partial charge is 0.377 e.